The number of methoxy groups -OCH3 is 2. The number of halogens is 2. The molecule has 1 amide bonds. The van der Waals surface area contributed by atoms with Gasteiger partial charge in [-0.15, -0.1) is 0 Å². The van der Waals surface area contributed by atoms with Gasteiger partial charge in [-0.25, -0.2) is 23.5 Å². The number of hydrogen-bond acceptors (Lipinski definition) is 8. The average molecular weight is 662 g/mol. The normalized spacial score (nSPS) is 13.9. The van der Waals surface area contributed by atoms with Crippen LogP contribution in [0.25, 0.3) is 0 Å². The summed E-state index contributed by atoms with van der Waals surface area (Å²) >= 11 is 0. The fourth-order valence-corrected chi connectivity index (χ4v) is 6.19. The second-order valence-corrected chi connectivity index (χ2v) is 11.7. The number of rotatable bonds is 13. The van der Waals surface area contributed by atoms with Crippen LogP contribution in [-0.4, -0.2) is 66.5 Å². The number of carboxylic acid groups (broad SMARTS) is 1. The fourth-order valence-electron chi connectivity index (χ4n) is 6.19. The van der Waals surface area contributed by atoms with Gasteiger partial charge < -0.3 is 29.5 Å². The number of carbonyl (C=O) groups is 1. The van der Waals surface area contributed by atoms with E-state index in [1.165, 1.54) is 70.0 Å². The van der Waals surface area contributed by atoms with Crippen molar-refractivity contribution in [2.24, 2.45) is 0 Å². The van der Waals surface area contributed by atoms with Crippen molar-refractivity contribution in [2.75, 3.05) is 50.7 Å². The molecule has 1 saturated heterocycles. The number of likely N-dealkylation sites (tertiary alicyclic amines) is 1. The van der Waals surface area contributed by atoms with Crippen LogP contribution in [0.2, 0.25) is 0 Å². The van der Waals surface area contributed by atoms with E-state index in [0.29, 0.717) is 46.0 Å². The van der Waals surface area contributed by atoms with Gasteiger partial charge >= 0.3 is 6.09 Å². The molecule has 1 aromatic heterocycles. The van der Waals surface area contributed by atoms with Gasteiger partial charge in [-0.1, -0.05) is 6.42 Å². The van der Waals surface area contributed by atoms with E-state index < -0.39 is 23.8 Å². The van der Waals surface area contributed by atoms with E-state index in [9.17, 15) is 14.3 Å². The van der Waals surface area contributed by atoms with E-state index in [4.69, 9.17) is 14.2 Å². The molecule has 2 N–H and O–H groups in total. The first-order valence-electron chi connectivity index (χ1n) is 15.9. The van der Waals surface area contributed by atoms with Crippen molar-refractivity contribution < 1.29 is 32.9 Å². The number of aromatic nitrogens is 2. The summed E-state index contributed by atoms with van der Waals surface area (Å²) in [6.45, 7) is 6.97. The highest BCUT2D eigenvalue weighted by molar-refractivity contribution is 5.87. The predicted octanol–water partition coefficient (Wildman–Crippen LogP) is 7.66. The second kappa shape index (κ2) is 15.7. The zero-order chi connectivity index (χ0) is 34.2. The molecule has 1 atom stereocenters. The van der Waals surface area contributed by atoms with Crippen LogP contribution in [0.1, 0.15) is 54.0 Å². The Balaban J connectivity index is 1.42. The number of anilines is 3. The number of benzene rings is 3. The summed E-state index contributed by atoms with van der Waals surface area (Å²) in [7, 11) is 2.99. The Labute approximate surface area is 279 Å². The fraction of sp³-hybridized carbons (Fsp3) is 0.361. The lowest BCUT2D eigenvalue weighted by Crippen LogP contribution is -2.36. The number of hydrogen-bond donors (Lipinski definition) is 2. The monoisotopic (exact) mass is 661 g/mol. The molecule has 0 spiro atoms. The molecule has 0 aliphatic carbocycles. The van der Waals surface area contributed by atoms with Crippen molar-refractivity contribution in [1.82, 2.24) is 14.9 Å². The van der Waals surface area contributed by atoms with Gasteiger partial charge in [0.1, 0.15) is 23.1 Å². The number of nitrogens with one attached hydrogen (secondary N) is 1. The Bertz CT molecular complexity index is 1710. The molecule has 12 heteroatoms. The molecule has 0 radical (unpaired) electrons. The molecule has 3 aromatic carbocycles. The minimum atomic E-state index is -1.33. The minimum Gasteiger partial charge on any atom is -0.497 e. The van der Waals surface area contributed by atoms with E-state index in [0.717, 1.165) is 31.0 Å². The Morgan fingerprint density at radius 3 is 2.38 bits per heavy atom. The third kappa shape index (κ3) is 8.11. The quantitative estimate of drug-likeness (QED) is 0.140. The van der Waals surface area contributed by atoms with Crippen molar-refractivity contribution in [2.45, 2.75) is 45.6 Å². The number of piperidine rings is 1. The van der Waals surface area contributed by atoms with Gasteiger partial charge in [0, 0.05) is 30.1 Å². The van der Waals surface area contributed by atoms with E-state index in [2.05, 4.69) is 20.2 Å². The second-order valence-electron chi connectivity index (χ2n) is 11.7. The first-order valence-corrected chi connectivity index (χ1v) is 15.9. The van der Waals surface area contributed by atoms with Crippen molar-refractivity contribution in [3.63, 3.8) is 0 Å². The van der Waals surface area contributed by atoms with Crippen LogP contribution >= 0.6 is 0 Å². The summed E-state index contributed by atoms with van der Waals surface area (Å²) < 4.78 is 46.3. The third-order valence-electron chi connectivity index (χ3n) is 8.43. The predicted molar refractivity (Wildman–Crippen MR) is 180 cm³/mol. The largest absolute Gasteiger partial charge is 0.497 e. The summed E-state index contributed by atoms with van der Waals surface area (Å²) in [5.74, 6) is 0.0812. The molecule has 48 heavy (non-hydrogen) atoms. The molecule has 0 saturated carbocycles. The molecular weight excluding hydrogens is 620 g/mol. The van der Waals surface area contributed by atoms with Gasteiger partial charge in [0.05, 0.1) is 26.9 Å². The Morgan fingerprint density at radius 1 is 0.979 bits per heavy atom. The lowest BCUT2D eigenvalue weighted by Gasteiger charge is -2.32. The molecule has 2 heterocycles. The van der Waals surface area contributed by atoms with Crippen LogP contribution in [0.5, 0.6) is 17.2 Å². The summed E-state index contributed by atoms with van der Waals surface area (Å²) in [6.07, 6.45) is 4.60. The van der Waals surface area contributed by atoms with Crippen LogP contribution in [-0.2, 0) is 0 Å². The number of ether oxygens (including phenoxy) is 3. The van der Waals surface area contributed by atoms with Crippen molar-refractivity contribution >= 4 is 23.5 Å². The van der Waals surface area contributed by atoms with Gasteiger partial charge in [0.25, 0.3) is 0 Å². The maximum absolute atomic E-state index is 15.0. The van der Waals surface area contributed by atoms with E-state index >= 15 is 4.39 Å². The zero-order valence-corrected chi connectivity index (χ0v) is 27.6. The summed E-state index contributed by atoms with van der Waals surface area (Å²) in [5, 5.41) is 13.7. The number of amides is 1. The van der Waals surface area contributed by atoms with Gasteiger partial charge in [0.2, 0.25) is 5.95 Å². The molecule has 1 unspecified atom stereocenters. The molecule has 1 fully saturated rings. The van der Waals surface area contributed by atoms with E-state index in [1.807, 2.05) is 0 Å². The van der Waals surface area contributed by atoms with Gasteiger partial charge in [-0.3, -0.25) is 0 Å². The van der Waals surface area contributed by atoms with Gasteiger partial charge in [-0.2, -0.15) is 4.98 Å². The molecule has 0 bridgehead atoms. The molecule has 1 aliphatic heterocycles. The maximum Gasteiger partial charge on any atom is 0.413 e. The topological polar surface area (TPSA) is 109 Å². The summed E-state index contributed by atoms with van der Waals surface area (Å²) in [4.78, 5) is 25.4. The zero-order valence-electron chi connectivity index (χ0n) is 27.6. The highest BCUT2D eigenvalue weighted by Gasteiger charge is 2.34. The maximum atomic E-state index is 15.0. The van der Waals surface area contributed by atoms with Crippen LogP contribution in [0, 0.1) is 25.5 Å². The molecule has 10 nitrogen and oxygen atoms in total. The molecule has 5 rings (SSSR count). The summed E-state index contributed by atoms with van der Waals surface area (Å²) in [5.41, 5.74) is 2.42. The molecule has 254 valence electrons. The Kier molecular flexibility index (Phi) is 11.3. The molecule has 1 aliphatic rings. The van der Waals surface area contributed by atoms with Crippen molar-refractivity contribution in [1.29, 1.82) is 0 Å². The third-order valence-corrected chi connectivity index (χ3v) is 8.43. The number of nitrogens with zero attached hydrogens (tertiary/aromatic N) is 4. The number of aryl methyl sites for hydroxylation is 2. The highest BCUT2D eigenvalue weighted by Crippen LogP contribution is 2.42. The first-order chi connectivity index (χ1) is 23.2. The van der Waals surface area contributed by atoms with Crippen molar-refractivity contribution in [3.05, 3.63) is 94.7 Å². The van der Waals surface area contributed by atoms with Crippen LogP contribution < -0.4 is 24.4 Å². The van der Waals surface area contributed by atoms with Crippen LogP contribution in [0.3, 0.4) is 0 Å². The summed E-state index contributed by atoms with van der Waals surface area (Å²) in [6, 6.07) is 12.7. The standard InChI is InChI=1S/C36H41F2N5O5/c1-23-19-25(37)20-24(2)33(23)34(28-22-27(46-3)10-12-30(28)47-4)43(36(44)45)32-13-14-39-35(41-32)40-26-9-11-31(29(38)21-26)48-18-8-17-42-15-6-5-7-16-42/h9-14,19-22,34H,5-8,15-18H2,1-4H3,(H,44,45)(H,39,40,41). The SMILES string of the molecule is COc1ccc(OC)c(C(c2c(C)cc(F)cc2C)N(C(=O)O)c2ccnc(Nc3ccc(OCCCN4CCCCC4)c(F)c3)n2)c1. The molecular formula is C36H41F2N5O5. The van der Waals surface area contributed by atoms with Crippen LogP contribution in [0.15, 0.2) is 60.8 Å². The van der Waals surface area contributed by atoms with Gasteiger partial charge in [0.15, 0.2) is 11.6 Å². The van der Waals surface area contributed by atoms with Crippen molar-refractivity contribution in [3.8, 4) is 17.2 Å². The highest BCUT2D eigenvalue weighted by atomic mass is 19.1. The molecule has 4 aromatic rings. The lowest BCUT2D eigenvalue weighted by molar-refractivity contribution is 0.199. The Hall–Kier alpha value is -4.97. The first kappa shape index (κ1) is 34.4. The van der Waals surface area contributed by atoms with Gasteiger partial charge in [-0.05, 0) is 111 Å². The van der Waals surface area contributed by atoms with Crippen LogP contribution in [0.4, 0.5) is 31.0 Å². The average Bonchev–Trinajstić information content (AvgIpc) is 3.07. The van der Waals surface area contributed by atoms with E-state index in [1.54, 1.807) is 38.1 Å². The lowest BCUT2D eigenvalue weighted by atomic mass is 9.89. The van der Waals surface area contributed by atoms with E-state index in [-0.39, 0.29) is 17.5 Å². The minimum absolute atomic E-state index is 0.0205. The smallest absolute Gasteiger partial charge is 0.413 e. The Morgan fingerprint density at radius 2 is 1.71 bits per heavy atom.